The number of carbonyl (C=O) groups is 3. The normalized spacial score (nSPS) is 46.8. The molecule has 0 aliphatic heterocycles. The Hall–Kier alpha value is -1.67. The Morgan fingerprint density at radius 3 is 2.21 bits per heavy atom. The van der Waals surface area contributed by atoms with Crippen LogP contribution in [0.5, 0.6) is 0 Å². The number of esters is 3. The van der Waals surface area contributed by atoms with Gasteiger partial charge in [-0.15, -0.1) is 0 Å². The van der Waals surface area contributed by atoms with Crippen molar-refractivity contribution in [3.8, 4) is 0 Å². The van der Waals surface area contributed by atoms with Crippen molar-refractivity contribution in [2.45, 2.75) is 103 Å². The number of carbonyl (C=O) groups excluding carboxylic acids is 3. The predicted octanol–water partition coefficient (Wildman–Crippen LogP) is 4.39. The highest BCUT2D eigenvalue weighted by Gasteiger charge is 2.67. The van der Waals surface area contributed by atoms with Crippen molar-refractivity contribution in [1.29, 1.82) is 0 Å². The summed E-state index contributed by atoms with van der Waals surface area (Å²) in [5.74, 6) is 3.08. The largest absolute Gasteiger partial charge is 0.469 e. The topological polar surface area (TPSA) is 119 Å². The molecule has 0 saturated heterocycles. The van der Waals surface area contributed by atoms with Crippen LogP contribution >= 0.6 is 0 Å². The number of rotatable bonds is 11. The predicted molar refractivity (Wildman–Crippen MR) is 156 cm³/mol. The minimum absolute atomic E-state index is 0.0168. The molecule has 7 saturated carbocycles. The molecular weight excluding hydrogens is 548 g/mol. The molecule has 7 aliphatic rings. The van der Waals surface area contributed by atoms with E-state index in [9.17, 15) is 24.6 Å². The monoisotopic (exact) mass is 600 g/mol. The third kappa shape index (κ3) is 4.96. The summed E-state index contributed by atoms with van der Waals surface area (Å²) in [5, 5.41) is 21.0. The second-order valence-electron chi connectivity index (χ2n) is 15.8. The summed E-state index contributed by atoms with van der Waals surface area (Å²) in [6.45, 7) is 4.15. The van der Waals surface area contributed by atoms with Gasteiger partial charge in [-0.1, -0.05) is 20.3 Å². The van der Waals surface area contributed by atoms with Crippen LogP contribution in [0.2, 0.25) is 0 Å². The lowest BCUT2D eigenvalue weighted by Gasteiger charge is -2.42. The van der Waals surface area contributed by atoms with Crippen LogP contribution in [-0.2, 0) is 28.6 Å². The molecule has 0 aromatic rings. The van der Waals surface area contributed by atoms with Gasteiger partial charge in [-0.25, -0.2) is 0 Å². The lowest BCUT2D eigenvalue weighted by atomic mass is 9.66. The van der Waals surface area contributed by atoms with Crippen LogP contribution < -0.4 is 0 Å². The summed E-state index contributed by atoms with van der Waals surface area (Å²) >= 11 is 0. The summed E-state index contributed by atoms with van der Waals surface area (Å²) in [7, 11) is 1.36. The summed E-state index contributed by atoms with van der Waals surface area (Å²) in [6.07, 6.45) is 9.15. The van der Waals surface area contributed by atoms with Crippen LogP contribution in [0.3, 0.4) is 0 Å². The van der Waals surface area contributed by atoms with Crippen molar-refractivity contribution in [3.63, 3.8) is 0 Å². The Kier molecular flexibility index (Phi) is 8.10. The quantitative estimate of drug-likeness (QED) is 0.204. The van der Waals surface area contributed by atoms with Crippen LogP contribution in [0.25, 0.3) is 0 Å². The average molecular weight is 601 g/mol. The zero-order valence-electron chi connectivity index (χ0n) is 26.1. The first-order valence-corrected chi connectivity index (χ1v) is 17.5. The van der Waals surface area contributed by atoms with Gasteiger partial charge in [0.25, 0.3) is 0 Å². The molecule has 8 nitrogen and oxygen atoms in total. The van der Waals surface area contributed by atoms with Crippen LogP contribution in [0, 0.1) is 82.9 Å². The summed E-state index contributed by atoms with van der Waals surface area (Å²) in [5.41, 5.74) is 0. The molecule has 7 aliphatic carbocycles. The van der Waals surface area contributed by atoms with Gasteiger partial charge < -0.3 is 24.4 Å². The molecule has 17 atom stereocenters. The van der Waals surface area contributed by atoms with Gasteiger partial charge in [0.2, 0.25) is 0 Å². The maximum atomic E-state index is 13.3. The second kappa shape index (κ2) is 11.6. The van der Waals surface area contributed by atoms with Crippen LogP contribution in [0.4, 0.5) is 0 Å². The summed E-state index contributed by atoms with van der Waals surface area (Å²) < 4.78 is 17.1. The first-order chi connectivity index (χ1) is 20.7. The SMILES string of the molecule is CCC(CC(CC(C)C(=O)OC1CC2CC1C1CCCC21)C(=O)OC)C(=O)OCC1CC2CC1C1C3CC(C(O)C3O)C21. The fourth-order valence-corrected chi connectivity index (χ4v) is 12.4. The lowest BCUT2D eigenvalue weighted by molar-refractivity contribution is -0.159. The van der Waals surface area contributed by atoms with Crippen LogP contribution in [0.15, 0.2) is 0 Å². The second-order valence-corrected chi connectivity index (χ2v) is 15.8. The number of methoxy groups -OCH3 is 1. The molecule has 0 radical (unpaired) electrons. The molecule has 2 N–H and O–H groups in total. The van der Waals surface area contributed by atoms with E-state index in [0.29, 0.717) is 67.3 Å². The van der Waals surface area contributed by atoms with E-state index < -0.39 is 35.9 Å². The molecule has 0 aromatic heterocycles. The fraction of sp³-hybridized carbons (Fsp3) is 0.914. The molecule has 0 heterocycles. The van der Waals surface area contributed by atoms with Gasteiger partial charge in [0.05, 0.1) is 43.7 Å². The van der Waals surface area contributed by atoms with Gasteiger partial charge in [0.1, 0.15) is 6.10 Å². The molecular formula is C35H52O8. The third-order valence-corrected chi connectivity index (χ3v) is 14.1. The van der Waals surface area contributed by atoms with Gasteiger partial charge in [-0.2, -0.15) is 0 Å². The Labute approximate surface area is 256 Å². The van der Waals surface area contributed by atoms with Crippen molar-refractivity contribution >= 4 is 17.9 Å². The third-order valence-electron chi connectivity index (χ3n) is 14.1. The standard InChI is InChI=1S/C35H52O8/c1-4-17(35(40)42-15-21-10-19-12-24(21)30-27-14-26(29(19)30)31(36)32(27)37)9-20(34(39)41-3)8-16(2)33(38)43-28-13-18-11-25(28)23-7-5-6-22(18)23/h16-32,36-37H,4-15H2,1-3H3. The van der Waals surface area contributed by atoms with Crippen LogP contribution in [0.1, 0.15) is 84.5 Å². The first-order valence-electron chi connectivity index (χ1n) is 17.5. The number of aliphatic hydroxyl groups is 2. The van der Waals surface area contributed by atoms with E-state index >= 15 is 0 Å². The zero-order chi connectivity index (χ0) is 30.2. The van der Waals surface area contributed by atoms with E-state index in [4.69, 9.17) is 14.2 Å². The van der Waals surface area contributed by atoms with E-state index in [1.165, 1.54) is 32.8 Å². The summed E-state index contributed by atoms with van der Waals surface area (Å²) in [4.78, 5) is 39.3. The van der Waals surface area contributed by atoms with Gasteiger partial charge >= 0.3 is 17.9 Å². The zero-order valence-corrected chi connectivity index (χ0v) is 26.1. The molecule has 17 unspecified atom stereocenters. The van der Waals surface area contributed by atoms with E-state index in [0.717, 1.165) is 37.5 Å². The number of fused-ring (bicyclic) bond motifs is 14. The van der Waals surface area contributed by atoms with E-state index in [1.807, 2.05) is 13.8 Å². The molecule has 0 aromatic carbocycles. The van der Waals surface area contributed by atoms with Gasteiger partial charge in [-0.05, 0) is 129 Å². The maximum absolute atomic E-state index is 13.3. The molecule has 0 spiro atoms. The number of hydrogen-bond donors (Lipinski definition) is 2. The molecule has 6 bridgehead atoms. The molecule has 240 valence electrons. The first kappa shape index (κ1) is 30.0. The average Bonchev–Trinajstić information content (AvgIpc) is 3.84. The Morgan fingerprint density at radius 1 is 0.744 bits per heavy atom. The Morgan fingerprint density at radius 2 is 1.47 bits per heavy atom. The smallest absolute Gasteiger partial charge is 0.308 e. The maximum Gasteiger partial charge on any atom is 0.308 e. The lowest BCUT2D eigenvalue weighted by Crippen LogP contribution is -2.46. The highest BCUT2D eigenvalue weighted by molar-refractivity contribution is 5.77. The molecule has 7 rings (SSSR count). The van der Waals surface area contributed by atoms with Crippen molar-refractivity contribution in [2.75, 3.05) is 13.7 Å². The number of aliphatic hydroxyl groups excluding tert-OH is 2. The number of ether oxygens (including phenoxy) is 3. The molecule has 7 fully saturated rings. The van der Waals surface area contributed by atoms with E-state index in [2.05, 4.69) is 0 Å². The van der Waals surface area contributed by atoms with Crippen molar-refractivity contribution < 1.29 is 38.8 Å². The number of hydrogen-bond acceptors (Lipinski definition) is 8. The van der Waals surface area contributed by atoms with Crippen molar-refractivity contribution in [2.24, 2.45) is 82.9 Å². The van der Waals surface area contributed by atoms with Gasteiger partial charge in [0, 0.05) is 0 Å². The van der Waals surface area contributed by atoms with E-state index in [-0.39, 0.29) is 29.9 Å². The van der Waals surface area contributed by atoms with Gasteiger partial charge in [-0.3, -0.25) is 14.4 Å². The Bertz CT molecular complexity index is 1090. The Balaban J connectivity index is 0.912. The molecule has 43 heavy (non-hydrogen) atoms. The van der Waals surface area contributed by atoms with Crippen molar-refractivity contribution in [1.82, 2.24) is 0 Å². The summed E-state index contributed by atoms with van der Waals surface area (Å²) in [6, 6.07) is 0. The minimum Gasteiger partial charge on any atom is -0.469 e. The fourth-order valence-electron chi connectivity index (χ4n) is 12.4. The van der Waals surface area contributed by atoms with E-state index in [1.54, 1.807) is 0 Å². The highest BCUT2D eigenvalue weighted by Crippen LogP contribution is 2.68. The molecule has 0 amide bonds. The minimum atomic E-state index is -0.610. The highest BCUT2D eigenvalue weighted by atomic mass is 16.5. The van der Waals surface area contributed by atoms with Crippen molar-refractivity contribution in [3.05, 3.63) is 0 Å². The molecule has 8 heteroatoms. The van der Waals surface area contributed by atoms with Crippen LogP contribution in [-0.4, -0.2) is 60.1 Å². The van der Waals surface area contributed by atoms with Gasteiger partial charge in [0.15, 0.2) is 0 Å².